The Morgan fingerprint density at radius 3 is 2.53 bits per heavy atom. The third kappa shape index (κ3) is 7.62. The molecule has 0 bridgehead atoms. The Morgan fingerprint density at radius 2 is 1.86 bits per heavy atom. The van der Waals surface area contributed by atoms with Gasteiger partial charge in [0, 0.05) is 30.7 Å². The summed E-state index contributed by atoms with van der Waals surface area (Å²) in [6.45, 7) is 5.16. The minimum atomic E-state index is -0.584. The maximum absolute atomic E-state index is 12.6. The van der Waals surface area contributed by atoms with Gasteiger partial charge >= 0.3 is 12.1 Å². The first-order valence-electron chi connectivity index (χ1n) is 12.2. The van der Waals surface area contributed by atoms with Gasteiger partial charge in [-0.25, -0.2) is 9.59 Å². The number of urea groups is 1. The summed E-state index contributed by atoms with van der Waals surface area (Å²) < 4.78 is 16.3. The van der Waals surface area contributed by atoms with Crippen molar-refractivity contribution in [3.05, 3.63) is 53.6 Å². The van der Waals surface area contributed by atoms with Crippen LogP contribution in [0, 0.1) is 11.3 Å². The van der Waals surface area contributed by atoms with Crippen molar-refractivity contribution >= 4 is 23.5 Å². The first-order chi connectivity index (χ1) is 17.4. The van der Waals surface area contributed by atoms with E-state index < -0.39 is 18.2 Å². The summed E-state index contributed by atoms with van der Waals surface area (Å²) in [6, 6.07) is 14.2. The monoisotopic (exact) mass is 494 g/mol. The molecule has 2 aromatic carbocycles. The van der Waals surface area contributed by atoms with Gasteiger partial charge in [-0.2, -0.15) is 5.26 Å². The van der Waals surface area contributed by atoms with Crippen LogP contribution in [0.25, 0.3) is 0 Å². The average molecular weight is 495 g/mol. The molecular formula is C27H34N4O5. The van der Waals surface area contributed by atoms with Crippen molar-refractivity contribution in [2.75, 3.05) is 31.0 Å². The second-order valence-electron chi connectivity index (χ2n) is 8.71. The van der Waals surface area contributed by atoms with Crippen molar-refractivity contribution in [1.82, 2.24) is 5.32 Å². The Bertz CT molecular complexity index is 1080. The molecule has 1 fully saturated rings. The highest BCUT2D eigenvalue weighted by Crippen LogP contribution is 2.35. The molecule has 0 aliphatic carbocycles. The van der Waals surface area contributed by atoms with Gasteiger partial charge in [0.05, 0.1) is 25.6 Å². The molecule has 36 heavy (non-hydrogen) atoms. The SMILES string of the molecule is CCC(CC#N)OC(=O)N[C@@H](C)c1cccc(NC(=O)Nc2ccc(C3CCOCC3)c(OC)c2)c1. The first-order valence-corrected chi connectivity index (χ1v) is 12.2. The van der Waals surface area contributed by atoms with Gasteiger partial charge in [0.1, 0.15) is 11.9 Å². The van der Waals surface area contributed by atoms with Crippen molar-refractivity contribution in [3.8, 4) is 11.8 Å². The summed E-state index contributed by atoms with van der Waals surface area (Å²) in [6.07, 6.45) is 1.58. The molecule has 3 rings (SSSR count). The van der Waals surface area contributed by atoms with Crippen LogP contribution in [0.3, 0.4) is 0 Å². The number of hydrogen-bond donors (Lipinski definition) is 3. The number of methoxy groups -OCH3 is 1. The lowest BCUT2D eigenvalue weighted by molar-refractivity contribution is 0.0848. The number of nitrogens with one attached hydrogen (secondary N) is 3. The summed E-state index contributed by atoms with van der Waals surface area (Å²) in [7, 11) is 1.63. The normalized spacial score (nSPS) is 15.2. The molecule has 9 nitrogen and oxygen atoms in total. The lowest BCUT2D eigenvalue weighted by atomic mass is 9.91. The van der Waals surface area contributed by atoms with Crippen LogP contribution in [-0.2, 0) is 9.47 Å². The summed E-state index contributed by atoms with van der Waals surface area (Å²) in [5, 5.41) is 17.3. The summed E-state index contributed by atoms with van der Waals surface area (Å²) in [5.41, 5.74) is 3.11. The van der Waals surface area contributed by atoms with Crippen LogP contribution in [0.15, 0.2) is 42.5 Å². The average Bonchev–Trinajstić information content (AvgIpc) is 2.88. The molecule has 0 aromatic heterocycles. The number of alkyl carbamates (subject to hydrolysis) is 1. The Labute approximate surface area is 212 Å². The van der Waals surface area contributed by atoms with Crippen LogP contribution in [0.5, 0.6) is 5.75 Å². The second kappa shape index (κ2) is 13.4. The number of carbonyl (C=O) groups excluding carboxylic acids is 2. The molecule has 3 N–H and O–H groups in total. The molecule has 1 saturated heterocycles. The zero-order valence-corrected chi connectivity index (χ0v) is 21.0. The molecule has 1 heterocycles. The third-order valence-electron chi connectivity index (χ3n) is 6.18. The molecule has 0 saturated carbocycles. The molecule has 0 radical (unpaired) electrons. The zero-order valence-electron chi connectivity index (χ0n) is 21.0. The van der Waals surface area contributed by atoms with Crippen molar-refractivity contribution in [1.29, 1.82) is 5.26 Å². The fourth-order valence-electron chi connectivity index (χ4n) is 4.13. The lowest BCUT2D eigenvalue weighted by Crippen LogP contribution is -2.31. The van der Waals surface area contributed by atoms with Crippen molar-refractivity contribution in [3.63, 3.8) is 0 Å². The highest BCUT2D eigenvalue weighted by molar-refractivity contribution is 6.00. The zero-order chi connectivity index (χ0) is 25.9. The van der Waals surface area contributed by atoms with E-state index in [0.717, 1.165) is 42.9 Å². The Hall–Kier alpha value is -3.77. The molecule has 9 heteroatoms. The maximum Gasteiger partial charge on any atom is 0.407 e. The van der Waals surface area contributed by atoms with Crippen LogP contribution in [0.1, 0.15) is 62.6 Å². The van der Waals surface area contributed by atoms with Crippen LogP contribution in [0.4, 0.5) is 21.0 Å². The van der Waals surface area contributed by atoms with Gasteiger partial charge in [0.15, 0.2) is 0 Å². The Kier molecular flexibility index (Phi) is 9.95. The minimum Gasteiger partial charge on any atom is -0.496 e. The molecular weight excluding hydrogens is 460 g/mol. The molecule has 192 valence electrons. The quantitative estimate of drug-likeness (QED) is 0.410. The fraction of sp³-hybridized carbons (Fsp3) is 0.444. The van der Waals surface area contributed by atoms with E-state index in [4.69, 9.17) is 19.5 Å². The predicted octanol–water partition coefficient (Wildman–Crippen LogP) is 5.71. The molecule has 2 atom stereocenters. The summed E-state index contributed by atoms with van der Waals surface area (Å²) in [5.74, 6) is 1.12. The number of ether oxygens (including phenoxy) is 3. The lowest BCUT2D eigenvalue weighted by Gasteiger charge is -2.24. The van der Waals surface area contributed by atoms with Crippen LogP contribution >= 0.6 is 0 Å². The predicted molar refractivity (Wildman–Crippen MR) is 137 cm³/mol. The number of nitriles is 1. The van der Waals surface area contributed by atoms with Gasteiger partial charge in [-0.1, -0.05) is 25.1 Å². The van der Waals surface area contributed by atoms with Gasteiger partial charge in [-0.15, -0.1) is 0 Å². The highest BCUT2D eigenvalue weighted by Gasteiger charge is 2.20. The fourth-order valence-corrected chi connectivity index (χ4v) is 4.13. The molecule has 3 amide bonds. The molecule has 1 aliphatic rings. The molecule has 2 aromatic rings. The summed E-state index contributed by atoms with van der Waals surface area (Å²) in [4.78, 5) is 24.8. The first kappa shape index (κ1) is 26.8. The third-order valence-corrected chi connectivity index (χ3v) is 6.18. The second-order valence-corrected chi connectivity index (χ2v) is 8.71. The largest absolute Gasteiger partial charge is 0.496 e. The van der Waals surface area contributed by atoms with E-state index in [9.17, 15) is 9.59 Å². The minimum absolute atomic E-state index is 0.150. The molecule has 1 aliphatic heterocycles. The maximum atomic E-state index is 12.6. The van der Waals surface area contributed by atoms with E-state index in [2.05, 4.69) is 16.0 Å². The van der Waals surface area contributed by atoms with Gasteiger partial charge in [-0.3, -0.25) is 0 Å². The Balaban J connectivity index is 1.58. The van der Waals surface area contributed by atoms with Crippen molar-refractivity contribution < 1.29 is 23.8 Å². The van der Waals surface area contributed by atoms with Crippen LogP contribution in [0.2, 0.25) is 0 Å². The Morgan fingerprint density at radius 1 is 1.14 bits per heavy atom. The molecule has 0 spiro atoms. The number of benzene rings is 2. The van der Waals surface area contributed by atoms with Gasteiger partial charge in [0.2, 0.25) is 0 Å². The number of amides is 3. The molecule has 1 unspecified atom stereocenters. The highest BCUT2D eigenvalue weighted by atomic mass is 16.6. The number of rotatable bonds is 9. The topological polar surface area (TPSA) is 122 Å². The van der Waals surface area contributed by atoms with Gasteiger partial charge < -0.3 is 30.2 Å². The summed E-state index contributed by atoms with van der Waals surface area (Å²) >= 11 is 0. The van der Waals surface area contributed by atoms with E-state index >= 15 is 0 Å². The number of anilines is 2. The number of hydrogen-bond acceptors (Lipinski definition) is 6. The van der Waals surface area contributed by atoms with Gasteiger partial charge in [0.25, 0.3) is 0 Å². The van der Waals surface area contributed by atoms with Crippen molar-refractivity contribution in [2.45, 2.75) is 57.6 Å². The van der Waals surface area contributed by atoms with E-state index in [0.29, 0.717) is 23.7 Å². The number of carbonyl (C=O) groups is 2. The van der Waals surface area contributed by atoms with Gasteiger partial charge in [-0.05, 0) is 61.4 Å². The standard InChI is InChI=1S/C27H34N4O5/c1-4-23(10-13-28)36-27(33)29-18(2)20-6-5-7-21(16-20)30-26(32)31-22-8-9-24(25(17-22)34-3)19-11-14-35-15-12-19/h5-9,16-19,23H,4,10-12,14-15H2,1-3H3,(H,29,33)(H2,30,31,32)/t18-,23?/m0/s1. The van der Waals surface area contributed by atoms with Crippen LogP contribution in [-0.4, -0.2) is 38.6 Å². The number of nitrogens with zero attached hydrogens (tertiary/aromatic N) is 1. The van der Waals surface area contributed by atoms with E-state index in [1.807, 2.05) is 44.2 Å². The van der Waals surface area contributed by atoms with Crippen molar-refractivity contribution in [2.24, 2.45) is 0 Å². The van der Waals surface area contributed by atoms with E-state index in [1.54, 1.807) is 25.3 Å². The smallest absolute Gasteiger partial charge is 0.407 e. The van der Waals surface area contributed by atoms with E-state index in [1.165, 1.54) is 0 Å². The van der Waals surface area contributed by atoms with Crippen LogP contribution < -0.4 is 20.7 Å². The van der Waals surface area contributed by atoms with E-state index in [-0.39, 0.29) is 12.5 Å².